The number of rotatable bonds is 9. The van der Waals surface area contributed by atoms with Crippen LogP contribution in [0.2, 0.25) is 0 Å². The van der Waals surface area contributed by atoms with Crippen molar-refractivity contribution in [2.45, 2.75) is 32.4 Å². The molecule has 0 aliphatic heterocycles. The van der Waals surface area contributed by atoms with Crippen molar-refractivity contribution in [3.05, 3.63) is 12.7 Å². The molecule has 0 spiro atoms. The van der Waals surface area contributed by atoms with Gasteiger partial charge in [0, 0.05) is 30.9 Å². The third-order valence-electron chi connectivity index (χ3n) is 2.83. The molecule has 0 aliphatic rings. The number of nitrogens with one attached hydrogen (secondary N) is 1. The van der Waals surface area contributed by atoms with Crippen LogP contribution >= 0.6 is 11.8 Å². The monoisotopic (exact) mass is 230 g/mol. The van der Waals surface area contributed by atoms with Gasteiger partial charge < -0.3 is 5.32 Å². The fourth-order valence-corrected chi connectivity index (χ4v) is 2.47. The maximum Gasteiger partial charge on any atom is 0.0192 e. The molecule has 0 aliphatic carbocycles. The van der Waals surface area contributed by atoms with Gasteiger partial charge in [0.25, 0.3) is 0 Å². The van der Waals surface area contributed by atoms with Gasteiger partial charge in [-0.1, -0.05) is 13.0 Å². The van der Waals surface area contributed by atoms with Crippen molar-refractivity contribution in [1.29, 1.82) is 0 Å². The molecule has 0 saturated heterocycles. The van der Waals surface area contributed by atoms with Crippen molar-refractivity contribution < 1.29 is 0 Å². The quantitative estimate of drug-likeness (QED) is 0.483. The van der Waals surface area contributed by atoms with Gasteiger partial charge in [-0.15, -0.1) is 6.58 Å². The van der Waals surface area contributed by atoms with Crippen LogP contribution in [0.3, 0.4) is 0 Å². The highest BCUT2D eigenvalue weighted by Crippen LogP contribution is 2.10. The molecule has 3 heteroatoms. The topological polar surface area (TPSA) is 15.3 Å². The highest BCUT2D eigenvalue weighted by Gasteiger charge is 2.17. The first kappa shape index (κ1) is 15.0. The molecule has 15 heavy (non-hydrogen) atoms. The Kier molecular flexibility index (Phi) is 9.26. The van der Waals surface area contributed by atoms with Crippen LogP contribution < -0.4 is 5.32 Å². The molecule has 0 aromatic heterocycles. The third-order valence-corrected chi connectivity index (χ3v) is 3.55. The second kappa shape index (κ2) is 9.25. The molecule has 0 saturated carbocycles. The Labute approximate surface area is 99.5 Å². The zero-order valence-electron chi connectivity index (χ0n) is 10.6. The standard InChI is InChI=1S/C12H26N2S/c1-6-8-13-9-11(3)14(4)12(7-2)10-15-5/h6,11-13H,1,7-10H2,2-5H3. The predicted octanol–water partition coefficient (Wildman–Crippen LogP) is 2.22. The Morgan fingerprint density at radius 2 is 2.20 bits per heavy atom. The number of nitrogens with zero attached hydrogens (tertiary/aromatic N) is 1. The van der Waals surface area contributed by atoms with Gasteiger partial charge >= 0.3 is 0 Å². The van der Waals surface area contributed by atoms with E-state index in [2.05, 4.69) is 43.9 Å². The molecule has 0 aromatic carbocycles. The molecule has 2 nitrogen and oxygen atoms in total. The first-order valence-electron chi connectivity index (χ1n) is 5.69. The first-order valence-corrected chi connectivity index (χ1v) is 7.09. The molecule has 0 amide bonds. The molecule has 0 rings (SSSR count). The largest absolute Gasteiger partial charge is 0.312 e. The van der Waals surface area contributed by atoms with E-state index in [0.29, 0.717) is 12.1 Å². The van der Waals surface area contributed by atoms with Gasteiger partial charge in [0.05, 0.1) is 0 Å². The summed E-state index contributed by atoms with van der Waals surface area (Å²) in [5.41, 5.74) is 0. The van der Waals surface area contributed by atoms with E-state index in [9.17, 15) is 0 Å². The summed E-state index contributed by atoms with van der Waals surface area (Å²) in [5, 5.41) is 3.37. The van der Waals surface area contributed by atoms with E-state index in [4.69, 9.17) is 0 Å². The van der Waals surface area contributed by atoms with Gasteiger partial charge in [-0.2, -0.15) is 11.8 Å². The lowest BCUT2D eigenvalue weighted by molar-refractivity contribution is 0.192. The summed E-state index contributed by atoms with van der Waals surface area (Å²) in [6.45, 7) is 10.2. The molecule has 0 bridgehead atoms. The maximum absolute atomic E-state index is 3.70. The van der Waals surface area contributed by atoms with Crippen LogP contribution in [-0.2, 0) is 0 Å². The van der Waals surface area contributed by atoms with Crippen LogP contribution in [0.15, 0.2) is 12.7 Å². The lowest BCUT2D eigenvalue weighted by Gasteiger charge is -2.32. The molecule has 0 fully saturated rings. The number of likely N-dealkylation sites (N-methyl/N-ethyl adjacent to an activating group) is 1. The summed E-state index contributed by atoms with van der Waals surface area (Å²) in [4.78, 5) is 2.48. The van der Waals surface area contributed by atoms with Gasteiger partial charge in [-0.3, -0.25) is 4.90 Å². The molecule has 0 radical (unpaired) electrons. The molecule has 0 heterocycles. The van der Waals surface area contributed by atoms with Crippen LogP contribution in [0.1, 0.15) is 20.3 Å². The van der Waals surface area contributed by atoms with Crippen LogP contribution in [-0.4, -0.2) is 49.1 Å². The lowest BCUT2D eigenvalue weighted by Crippen LogP contribution is -2.44. The minimum Gasteiger partial charge on any atom is -0.312 e. The summed E-state index contributed by atoms with van der Waals surface area (Å²) in [6.07, 6.45) is 5.31. The second-order valence-electron chi connectivity index (χ2n) is 3.98. The van der Waals surface area contributed by atoms with Gasteiger partial charge in [0.1, 0.15) is 0 Å². The third kappa shape index (κ3) is 6.23. The molecule has 2 atom stereocenters. The summed E-state index contributed by atoms with van der Waals surface area (Å²) in [5.74, 6) is 1.22. The van der Waals surface area contributed by atoms with Gasteiger partial charge in [0.15, 0.2) is 0 Å². The highest BCUT2D eigenvalue weighted by molar-refractivity contribution is 7.98. The number of hydrogen-bond acceptors (Lipinski definition) is 3. The van der Waals surface area contributed by atoms with E-state index >= 15 is 0 Å². The van der Waals surface area contributed by atoms with Crippen LogP contribution in [0.5, 0.6) is 0 Å². The van der Waals surface area contributed by atoms with Crippen LogP contribution in [0.25, 0.3) is 0 Å². The molecule has 90 valence electrons. The zero-order chi connectivity index (χ0) is 11.7. The van der Waals surface area contributed by atoms with E-state index in [1.54, 1.807) is 0 Å². The van der Waals surface area contributed by atoms with Gasteiger partial charge in [-0.05, 0) is 26.6 Å². The van der Waals surface area contributed by atoms with E-state index < -0.39 is 0 Å². The molecular weight excluding hydrogens is 204 g/mol. The van der Waals surface area contributed by atoms with Crippen LogP contribution in [0.4, 0.5) is 0 Å². The van der Waals surface area contributed by atoms with Crippen LogP contribution in [0, 0.1) is 0 Å². The minimum atomic E-state index is 0.585. The van der Waals surface area contributed by atoms with E-state index in [1.807, 2.05) is 17.8 Å². The number of hydrogen-bond donors (Lipinski definition) is 1. The summed E-state index contributed by atoms with van der Waals surface area (Å²) < 4.78 is 0. The average Bonchev–Trinajstić information content (AvgIpc) is 2.25. The fourth-order valence-electron chi connectivity index (χ4n) is 1.61. The van der Waals surface area contributed by atoms with Crippen molar-refractivity contribution in [3.8, 4) is 0 Å². The summed E-state index contributed by atoms with van der Waals surface area (Å²) in [7, 11) is 2.23. The second-order valence-corrected chi connectivity index (χ2v) is 4.89. The molecule has 0 aromatic rings. The predicted molar refractivity (Wildman–Crippen MR) is 72.8 cm³/mol. The van der Waals surface area contributed by atoms with E-state index in [0.717, 1.165) is 13.1 Å². The average molecular weight is 230 g/mol. The van der Waals surface area contributed by atoms with Gasteiger partial charge in [0.2, 0.25) is 0 Å². The zero-order valence-corrected chi connectivity index (χ0v) is 11.4. The lowest BCUT2D eigenvalue weighted by atomic mass is 10.2. The molecular formula is C12H26N2S. The maximum atomic E-state index is 3.70. The molecule has 2 unspecified atom stereocenters. The Hall–Kier alpha value is 0.0100. The van der Waals surface area contributed by atoms with Gasteiger partial charge in [-0.25, -0.2) is 0 Å². The van der Waals surface area contributed by atoms with Crippen molar-refractivity contribution >= 4 is 11.8 Å². The van der Waals surface area contributed by atoms with Crippen molar-refractivity contribution in [3.63, 3.8) is 0 Å². The summed E-state index contributed by atoms with van der Waals surface area (Å²) >= 11 is 1.93. The molecule has 1 N–H and O–H groups in total. The Bertz CT molecular complexity index is 162. The smallest absolute Gasteiger partial charge is 0.0192 e. The number of thioether (sulfide) groups is 1. The normalized spacial score (nSPS) is 15.3. The Morgan fingerprint density at radius 1 is 1.53 bits per heavy atom. The Balaban J connectivity index is 3.91. The van der Waals surface area contributed by atoms with Crippen molar-refractivity contribution in [1.82, 2.24) is 10.2 Å². The van der Waals surface area contributed by atoms with Crippen molar-refractivity contribution in [2.75, 3.05) is 32.1 Å². The fraction of sp³-hybridized carbons (Fsp3) is 0.833. The Morgan fingerprint density at radius 3 is 2.67 bits per heavy atom. The highest BCUT2D eigenvalue weighted by atomic mass is 32.2. The van der Waals surface area contributed by atoms with Crippen molar-refractivity contribution in [2.24, 2.45) is 0 Å². The first-order chi connectivity index (χ1) is 7.17. The SMILES string of the molecule is C=CCNCC(C)N(C)C(CC)CSC. The van der Waals surface area contributed by atoms with E-state index in [-0.39, 0.29) is 0 Å². The van der Waals surface area contributed by atoms with E-state index in [1.165, 1.54) is 12.2 Å². The summed E-state index contributed by atoms with van der Waals surface area (Å²) in [6, 6.07) is 1.28. The minimum absolute atomic E-state index is 0.585.